The third kappa shape index (κ3) is 2.88. The number of hydrogen-bond acceptors (Lipinski definition) is 3. The molecule has 0 aliphatic carbocycles. The molecule has 1 aromatic rings. The maximum atomic E-state index is 12.7. The molecule has 0 radical (unpaired) electrons. The molecule has 2 rings (SSSR count). The van der Waals surface area contributed by atoms with Gasteiger partial charge in [-0.15, -0.1) is 0 Å². The molecule has 0 bridgehead atoms. The molecule has 0 saturated carbocycles. The Balaban J connectivity index is 2.24. The summed E-state index contributed by atoms with van der Waals surface area (Å²) in [6, 6.07) is 7.69. The van der Waals surface area contributed by atoms with Crippen LogP contribution in [0.15, 0.2) is 24.3 Å². The van der Waals surface area contributed by atoms with Gasteiger partial charge in [-0.1, -0.05) is 32.0 Å². The molecule has 19 heavy (non-hydrogen) atoms. The molecule has 1 aliphatic heterocycles. The van der Waals surface area contributed by atoms with E-state index in [-0.39, 0.29) is 11.8 Å². The van der Waals surface area contributed by atoms with Crippen molar-refractivity contribution in [3.63, 3.8) is 0 Å². The highest BCUT2D eigenvalue weighted by Crippen LogP contribution is 2.31. The molecule has 1 aliphatic rings. The monoisotopic (exact) mass is 261 g/mol. The molecule has 0 aromatic heterocycles. The summed E-state index contributed by atoms with van der Waals surface area (Å²) in [7, 11) is 0. The Hall–Kier alpha value is -1.19. The third-order valence-corrected chi connectivity index (χ3v) is 3.87. The van der Waals surface area contributed by atoms with Gasteiger partial charge in [0.2, 0.25) is 0 Å². The molecular formula is C16H23NO2. The highest BCUT2D eigenvalue weighted by molar-refractivity contribution is 6.01. The Labute approximate surface area is 115 Å². The van der Waals surface area contributed by atoms with Crippen LogP contribution in [-0.2, 0) is 11.2 Å². The lowest BCUT2D eigenvalue weighted by Gasteiger charge is -2.25. The zero-order valence-electron chi connectivity index (χ0n) is 12.0. The van der Waals surface area contributed by atoms with E-state index in [9.17, 15) is 4.79 Å². The molecular weight excluding hydrogens is 238 g/mol. The Morgan fingerprint density at radius 3 is 2.84 bits per heavy atom. The van der Waals surface area contributed by atoms with Gasteiger partial charge in [0.1, 0.15) is 0 Å². The van der Waals surface area contributed by atoms with Crippen LogP contribution in [0.4, 0.5) is 0 Å². The molecule has 1 fully saturated rings. The van der Waals surface area contributed by atoms with E-state index in [1.165, 1.54) is 5.56 Å². The van der Waals surface area contributed by atoms with Crippen molar-refractivity contribution in [1.29, 1.82) is 0 Å². The van der Waals surface area contributed by atoms with Gasteiger partial charge in [0.15, 0.2) is 5.78 Å². The van der Waals surface area contributed by atoms with Crippen molar-refractivity contribution in [2.45, 2.75) is 33.2 Å². The predicted molar refractivity (Wildman–Crippen MR) is 76.2 cm³/mol. The van der Waals surface area contributed by atoms with Gasteiger partial charge in [-0.3, -0.25) is 4.79 Å². The standard InChI is InChI=1S/C16H23NO2/c1-11(2)7-12-5-4-6-13(8-12)15(18)16(3)10-19-9-14(16)17/h4-6,8,11,14H,7,9-10,17H2,1-3H3. The summed E-state index contributed by atoms with van der Waals surface area (Å²) in [5, 5.41) is 0. The molecule has 3 heteroatoms. The van der Waals surface area contributed by atoms with E-state index in [1.807, 2.05) is 25.1 Å². The second-order valence-corrected chi connectivity index (χ2v) is 6.17. The summed E-state index contributed by atoms with van der Waals surface area (Å²) in [6.07, 6.45) is 0.986. The summed E-state index contributed by atoms with van der Waals surface area (Å²) in [6.45, 7) is 7.14. The van der Waals surface area contributed by atoms with Gasteiger partial charge in [0, 0.05) is 11.6 Å². The molecule has 1 aromatic carbocycles. The fourth-order valence-electron chi connectivity index (χ4n) is 2.56. The number of carbonyl (C=O) groups is 1. The highest BCUT2D eigenvalue weighted by Gasteiger charge is 2.44. The number of Topliss-reactive ketones (excluding diaryl/α,β-unsaturated/α-hetero) is 1. The molecule has 1 saturated heterocycles. The van der Waals surface area contributed by atoms with Gasteiger partial charge < -0.3 is 10.5 Å². The second kappa shape index (κ2) is 5.43. The average Bonchev–Trinajstić information content (AvgIpc) is 2.69. The molecule has 0 amide bonds. The molecule has 104 valence electrons. The van der Waals surface area contributed by atoms with E-state index in [1.54, 1.807) is 0 Å². The minimum atomic E-state index is -0.587. The maximum Gasteiger partial charge on any atom is 0.172 e. The maximum absolute atomic E-state index is 12.7. The average molecular weight is 261 g/mol. The lowest BCUT2D eigenvalue weighted by atomic mass is 9.78. The summed E-state index contributed by atoms with van der Waals surface area (Å²) < 4.78 is 5.36. The number of ether oxygens (including phenoxy) is 1. The van der Waals surface area contributed by atoms with Crippen LogP contribution in [0.2, 0.25) is 0 Å². The van der Waals surface area contributed by atoms with Crippen molar-refractivity contribution >= 4 is 5.78 Å². The van der Waals surface area contributed by atoms with Gasteiger partial charge in [0.25, 0.3) is 0 Å². The quantitative estimate of drug-likeness (QED) is 0.847. The van der Waals surface area contributed by atoms with Crippen LogP contribution >= 0.6 is 0 Å². The van der Waals surface area contributed by atoms with Gasteiger partial charge >= 0.3 is 0 Å². The van der Waals surface area contributed by atoms with Gasteiger partial charge in [-0.05, 0) is 30.9 Å². The van der Waals surface area contributed by atoms with Crippen LogP contribution < -0.4 is 5.73 Å². The van der Waals surface area contributed by atoms with Gasteiger partial charge in [-0.2, -0.15) is 0 Å². The number of carbonyl (C=O) groups excluding carboxylic acids is 1. The fourth-order valence-corrected chi connectivity index (χ4v) is 2.56. The molecule has 0 spiro atoms. The van der Waals surface area contributed by atoms with Crippen LogP contribution in [0.1, 0.15) is 36.7 Å². The smallest absolute Gasteiger partial charge is 0.172 e. The first kappa shape index (κ1) is 14.2. The summed E-state index contributed by atoms with van der Waals surface area (Å²) in [4.78, 5) is 12.7. The largest absolute Gasteiger partial charge is 0.379 e. The van der Waals surface area contributed by atoms with Crippen molar-refractivity contribution in [1.82, 2.24) is 0 Å². The van der Waals surface area contributed by atoms with Crippen LogP contribution in [0.25, 0.3) is 0 Å². The first-order valence-corrected chi connectivity index (χ1v) is 6.90. The Morgan fingerprint density at radius 2 is 2.26 bits per heavy atom. The summed E-state index contributed by atoms with van der Waals surface area (Å²) in [5.41, 5.74) is 7.39. The van der Waals surface area contributed by atoms with Crippen molar-refractivity contribution in [3.05, 3.63) is 35.4 Å². The number of nitrogens with two attached hydrogens (primary N) is 1. The van der Waals surface area contributed by atoms with Gasteiger partial charge in [0.05, 0.1) is 18.6 Å². The van der Waals surface area contributed by atoms with Crippen molar-refractivity contribution in [3.8, 4) is 0 Å². The first-order valence-electron chi connectivity index (χ1n) is 6.90. The highest BCUT2D eigenvalue weighted by atomic mass is 16.5. The van der Waals surface area contributed by atoms with E-state index >= 15 is 0 Å². The van der Waals surface area contributed by atoms with Crippen LogP contribution in [0.5, 0.6) is 0 Å². The molecule has 2 atom stereocenters. The van der Waals surface area contributed by atoms with Crippen LogP contribution in [0, 0.1) is 11.3 Å². The zero-order chi connectivity index (χ0) is 14.0. The normalized spacial score (nSPS) is 26.9. The Kier molecular flexibility index (Phi) is 4.07. The predicted octanol–water partition coefficient (Wildman–Crippen LogP) is 2.43. The molecule has 3 nitrogen and oxygen atoms in total. The Bertz CT molecular complexity index is 470. The van der Waals surface area contributed by atoms with E-state index in [0.29, 0.717) is 19.1 Å². The van der Waals surface area contributed by atoms with E-state index < -0.39 is 5.41 Å². The lowest BCUT2D eigenvalue weighted by molar-refractivity contribution is 0.0767. The molecule has 2 unspecified atom stereocenters. The minimum absolute atomic E-state index is 0.100. The lowest BCUT2D eigenvalue weighted by Crippen LogP contribution is -2.44. The number of rotatable bonds is 4. The van der Waals surface area contributed by atoms with Crippen LogP contribution in [0.3, 0.4) is 0 Å². The SMILES string of the molecule is CC(C)Cc1cccc(C(=O)C2(C)COCC2N)c1. The fraction of sp³-hybridized carbons (Fsp3) is 0.562. The summed E-state index contributed by atoms with van der Waals surface area (Å²) >= 11 is 0. The molecule has 2 N–H and O–H groups in total. The van der Waals surface area contributed by atoms with E-state index in [2.05, 4.69) is 19.9 Å². The minimum Gasteiger partial charge on any atom is -0.379 e. The van der Waals surface area contributed by atoms with E-state index in [0.717, 1.165) is 12.0 Å². The zero-order valence-corrected chi connectivity index (χ0v) is 12.0. The van der Waals surface area contributed by atoms with E-state index in [4.69, 9.17) is 10.5 Å². The third-order valence-electron chi connectivity index (χ3n) is 3.87. The number of benzene rings is 1. The van der Waals surface area contributed by atoms with Gasteiger partial charge in [-0.25, -0.2) is 0 Å². The first-order chi connectivity index (χ1) is 8.93. The van der Waals surface area contributed by atoms with Crippen molar-refractivity contribution < 1.29 is 9.53 Å². The van der Waals surface area contributed by atoms with Crippen molar-refractivity contribution in [2.75, 3.05) is 13.2 Å². The number of hydrogen-bond donors (Lipinski definition) is 1. The Morgan fingerprint density at radius 1 is 1.53 bits per heavy atom. The number of ketones is 1. The second-order valence-electron chi connectivity index (χ2n) is 6.17. The van der Waals surface area contributed by atoms with Crippen LogP contribution in [-0.4, -0.2) is 25.0 Å². The topological polar surface area (TPSA) is 52.3 Å². The molecule has 1 heterocycles. The van der Waals surface area contributed by atoms with Crippen molar-refractivity contribution in [2.24, 2.45) is 17.1 Å². The summed E-state index contributed by atoms with van der Waals surface area (Å²) in [5.74, 6) is 0.682.